The van der Waals surface area contributed by atoms with Crippen molar-refractivity contribution in [2.24, 2.45) is 0 Å². The van der Waals surface area contributed by atoms with Crippen LogP contribution in [0.5, 0.6) is 0 Å². The first-order valence-electron chi connectivity index (χ1n) is 5.55. The van der Waals surface area contributed by atoms with Gasteiger partial charge in [-0.2, -0.15) is 5.10 Å². The van der Waals surface area contributed by atoms with E-state index in [4.69, 9.17) is 23.8 Å². The van der Waals surface area contributed by atoms with E-state index in [-0.39, 0.29) is 0 Å². The second-order valence-electron chi connectivity index (χ2n) is 3.97. The van der Waals surface area contributed by atoms with E-state index in [2.05, 4.69) is 17.1 Å². The summed E-state index contributed by atoms with van der Waals surface area (Å²) < 4.78 is 2.65. The molecular weight excluding hydrogens is 254 g/mol. The van der Waals surface area contributed by atoms with Crippen molar-refractivity contribution < 1.29 is 0 Å². The Kier molecular flexibility index (Phi) is 3.64. The van der Waals surface area contributed by atoms with E-state index in [1.165, 1.54) is 0 Å². The van der Waals surface area contributed by atoms with Crippen molar-refractivity contribution in [3.8, 4) is 11.4 Å². The van der Waals surface area contributed by atoms with Gasteiger partial charge in [-0.3, -0.25) is 5.10 Å². The Hall–Kier alpha value is -1.13. The molecule has 0 aliphatic carbocycles. The molecule has 0 saturated carbocycles. The van der Waals surface area contributed by atoms with Gasteiger partial charge >= 0.3 is 0 Å². The number of aromatic nitrogens is 3. The van der Waals surface area contributed by atoms with Gasteiger partial charge in [-0.05, 0) is 37.2 Å². The highest BCUT2D eigenvalue weighted by Gasteiger charge is 2.09. The molecule has 0 amide bonds. The lowest BCUT2D eigenvalue weighted by Crippen LogP contribution is -2.00. The predicted octanol–water partition coefficient (Wildman–Crippen LogP) is 3.98. The number of aryl methyl sites for hydroxylation is 1. The Morgan fingerprint density at radius 2 is 2.24 bits per heavy atom. The number of aromatic amines is 1. The van der Waals surface area contributed by atoms with E-state index in [0.29, 0.717) is 4.77 Å². The van der Waals surface area contributed by atoms with Gasteiger partial charge in [-0.15, -0.1) is 0 Å². The molecule has 5 heteroatoms. The second-order valence-corrected chi connectivity index (χ2v) is 4.76. The molecule has 3 nitrogen and oxygen atoms in total. The van der Waals surface area contributed by atoms with Crippen molar-refractivity contribution in [3.63, 3.8) is 0 Å². The van der Waals surface area contributed by atoms with Gasteiger partial charge in [0.05, 0.1) is 0 Å². The number of H-pyrrole nitrogens is 1. The van der Waals surface area contributed by atoms with Gasteiger partial charge in [0.15, 0.2) is 10.6 Å². The van der Waals surface area contributed by atoms with Gasteiger partial charge in [0.1, 0.15) is 0 Å². The highest BCUT2D eigenvalue weighted by Crippen LogP contribution is 2.24. The van der Waals surface area contributed by atoms with Crippen LogP contribution in [0.25, 0.3) is 11.4 Å². The van der Waals surface area contributed by atoms with Crippen LogP contribution >= 0.6 is 23.8 Å². The van der Waals surface area contributed by atoms with Crippen LogP contribution in [0.3, 0.4) is 0 Å². The molecule has 1 N–H and O–H groups in total. The molecule has 1 heterocycles. The molecule has 17 heavy (non-hydrogen) atoms. The monoisotopic (exact) mass is 267 g/mol. The molecule has 0 atom stereocenters. The van der Waals surface area contributed by atoms with Crippen LogP contribution in [0.2, 0.25) is 5.02 Å². The molecule has 2 rings (SSSR count). The Morgan fingerprint density at radius 3 is 2.88 bits per heavy atom. The van der Waals surface area contributed by atoms with Crippen LogP contribution in [0, 0.1) is 11.7 Å². The minimum Gasteiger partial charge on any atom is -0.300 e. The Balaban J connectivity index is 2.52. The maximum Gasteiger partial charge on any atom is 0.195 e. The Morgan fingerprint density at radius 1 is 1.47 bits per heavy atom. The fourth-order valence-electron chi connectivity index (χ4n) is 1.70. The number of nitrogens with zero attached hydrogens (tertiary/aromatic N) is 2. The van der Waals surface area contributed by atoms with E-state index in [0.717, 1.165) is 34.9 Å². The summed E-state index contributed by atoms with van der Waals surface area (Å²) in [6, 6.07) is 5.93. The molecule has 0 radical (unpaired) electrons. The highest BCUT2D eigenvalue weighted by molar-refractivity contribution is 7.71. The summed E-state index contributed by atoms with van der Waals surface area (Å²) in [5.74, 6) is 0.846. The Labute approximate surface area is 110 Å². The smallest absolute Gasteiger partial charge is 0.195 e. The normalized spacial score (nSPS) is 10.8. The third-order valence-corrected chi connectivity index (χ3v) is 3.35. The lowest BCUT2D eigenvalue weighted by atomic mass is 10.1. The zero-order valence-electron chi connectivity index (χ0n) is 9.83. The number of halogens is 1. The predicted molar refractivity (Wildman–Crippen MR) is 72.9 cm³/mol. The minimum atomic E-state index is 0.651. The minimum absolute atomic E-state index is 0.651. The molecule has 0 unspecified atom stereocenters. The van der Waals surface area contributed by atoms with Crippen molar-refractivity contribution in [1.29, 1.82) is 0 Å². The molecule has 1 aromatic carbocycles. The molecule has 0 aliphatic heterocycles. The van der Waals surface area contributed by atoms with Crippen LogP contribution in [-0.2, 0) is 6.54 Å². The fraction of sp³-hybridized carbons (Fsp3) is 0.333. The summed E-state index contributed by atoms with van der Waals surface area (Å²) in [6.45, 7) is 4.95. The van der Waals surface area contributed by atoms with Gasteiger partial charge in [0.2, 0.25) is 0 Å². The Bertz CT molecular complexity index is 586. The third kappa shape index (κ3) is 2.42. The summed E-state index contributed by atoms with van der Waals surface area (Å²) in [4.78, 5) is 0. The summed E-state index contributed by atoms with van der Waals surface area (Å²) in [6.07, 6.45) is 1.01. The average Bonchev–Trinajstić information content (AvgIpc) is 2.66. The first-order valence-corrected chi connectivity index (χ1v) is 6.34. The highest BCUT2D eigenvalue weighted by atomic mass is 35.5. The first-order chi connectivity index (χ1) is 8.13. The SMILES string of the molecule is CCCn1c(-c2ccc(C)c(Cl)c2)n[nH]c1=S. The van der Waals surface area contributed by atoms with E-state index < -0.39 is 0 Å². The second kappa shape index (κ2) is 5.02. The maximum atomic E-state index is 6.13. The van der Waals surface area contributed by atoms with Gasteiger partial charge in [-0.25, -0.2) is 0 Å². The molecule has 1 aromatic heterocycles. The largest absolute Gasteiger partial charge is 0.300 e. The summed E-state index contributed by atoms with van der Waals surface area (Å²) in [5, 5.41) is 7.84. The van der Waals surface area contributed by atoms with Gasteiger partial charge in [0.25, 0.3) is 0 Å². The molecule has 90 valence electrons. The van der Waals surface area contributed by atoms with Crippen LogP contribution < -0.4 is 0 Å². The van der Waals surface area contributed by atoms with Gasteiger partial charge in [0, 0.05) is 17.1 Å². The van der Waals surface area contributed by atoms with Crippen molar-refractivity contribution in [2.45, 2.75) is 26.8 Å². The van der Waals surface area contributed by atoms with E-state index in [1.807, 2.05) is 29.7 Å². The fourth-order valence-corrected chi connectivity index (χ4v) is 2.10. The van der Waals surface area contributed by atoms with E-state index >= 15 is 0 Å². The standard InChI is InChI=1S/C12H14ClN3S/c1-3-6-16-11(14-15-12(16)17)9-5-4-8(2)10(13)7-9/h4-5,7H,3,6H2,1-2H3,(H,15,17). The quantitative estimate of drug-likeness (QED) is 0.854. The molecule has 2 aromatic rings. The molecule has 0 fully saturated rings. The van der Waals surface area contributed by atoms with Crippen LogP contribution in [0.15, 0.2) is 18.2 Å². The topological polar surface area (TPSA) is 33.6 Å². The summed E-state index contributed by atoms with van der Waals surface area (Å²) in [7, 11) is 0. The number of nitrogens with one attached hydrogen (secondary N) is 1. The number of benzene rings is 1. The van der Waals surface area contributed by atoms with Crippen molar-refractivity contribution in [2.75, 3.05) is 0 Å². The van der Waals surface area contributed by atoms with Crippen molar-refractivity contribution >= 4 is 23.8 Å². The molecule has 0 bridgehead atoms. The first kappa shape index (κ1) is 12.3. The van der Waals surface area contributed by atoms with Crippen LogP contribution in [0.1, 0.15) is 18.9 Å². The summed E-state index contributed by atoms with van der Waals surface area (Å²) in [5.41, 5.74) is 2.05. The van der Waals surface area contributed by atoms with Crippen LogP contribution in [-0.4, -0.2) is 14.8 Å². The van der Waals surface area contributed by atoms with Crippen molar-refractivity contribution in [3.05, 3.63) is 33.6 Å². The number of rotatable bonds is 3. The van der Waals surface area contributed by atoms with Crippen LogP contribution in [0.4, 0.5) is 0 Å². The molecule has 0 spiro atoms. The maximum absolute atomic E-state index is 6.13. The zero-order valence-corrected chi connectivity index (χ0v) is 11.4. The van der Waals surface area contributed by atoms with E-state index in [9.17, 15) is 0 Å². The molecule has 0 saturated heterocycles. The molecular formula is C12H14ClN3S. The lowest BCUT2D eigenvalue weighted by Gasteiger charge is -2.06. The zero-order chi connectivity index (χ0) is 12.4. The van der Waals surface area contributed by atoms with Gasteiger partial charge in [-0.1, -0.05) is 30.7 Å². The van der Waals surface area contributed by atoms with Gasteiger partial charge < -0.3 is 4.57 Å². The third-order valence-electron chi connectivity index (χ3n) is 2.64. The average molecular weight is 268 g/mol. The van der Waals surface area contributed by atoms with E-state index in [1.54, 1.807) is 0 Å². The summed E-state index contributed by atoms with van der Waals surface area (Å²) >= 11 is 11.3. The number of hydrogen-bond donors (Lipinski definition) is 1. The van der Waals surface area contributed by atoms with Crippen molar-refractivity contribution in [1.82, 2.24) is 14.8 Å². The number of hydrogen-bond acceptors (Lipinski definition) is 2. The lowest BCUT2D eigenvalue weighted by molar-refractivity contribution is 0.675. The molecule has 0 aliphatic rings.